The van der Waals surface area contributed by atoms with Gasteiger partial charge in [0.25, 0.3) is 5.91 Å². The number of carbonyl (C=O) groups is 2. The zero-order valence-electron chi connectivity index (χ0n) is 17.8. The minimum atomic E-state index is -1.95. The Labute approximate surface area is 181 Å². The Hall–Kier alpha value is -3.31. The third kappa shape index (κ3) is 3.66. The summed E-state index contributed by atoms with van der Waals surface area (Å²) in [6.07, 6.45) is -0.341. The van der Waals surface area contributed by atoms with Crippen molar-refractivity contribution in [2.24, 2.45) is 0 Å². The highest BCUT2D eigenvalue weighted by Crippen LogP contribution is 2.43. The molecule has 1 aliphatic rings. The highest BCUT2D eigenvalue weighted by molar-refractivity contribution is 6.11. The standard InChI is InChI=1S/C26H24FNO3/c1-16-12-18(3)21(13-17(16)2)24(29)14-26(31)22-6-4-5-7-23(22)28(25(26)30)15-19-8-10-20(27)11-9-19/h4-13,31H,14-15H2,1-3H3/t26-/m1/s1. The highest BCUT2D eigenvalue weighted by Gasteiger charge is 2.50. The molecular formula is C26H24FNO3. The predicted octanol–water partition coefficient (Wildman–Crippen LogP) is 4.76. The number of carbonyl (C=O) groups excluding carboxylic acids is 2. The zero-order valence-corrected chi connectivity index (χ0v) is 17.8. The lowest BCUT2D eigenvalue weighted by Crippen LogP contribution is -2.41. The molecule has 158 valence electrons. The van der Waals surface area contributed by atoms with Crippen LogP contribution in [0.5, 0.6) is 0 Å². The molecule has 5 heteroatoms. The first kappa shape index (κ1) is 20.9. The second kappa shape index (κ2) is 7.75. The van der Waals surface area contributed by atoms with Gasteiger partial charge in [-0.05, 0) is 67.3 Å². The topological polar surface area (TPSA) is 57.6 Å². The first-order valence-electron chi connectivity index (χ1n) is 10.2. The molecule has 4 rings (SSSR count). The lowest BCUT2D eigenvalue weighted by molar-refractivity contribution is -0.136. The molecule has 0 bridgehead atoms. The van der Waals surface area contributed by atoms with Crippen molar-refractivity contribution >= 4 is 17.4 Å². The Morgan fingerprint density at radius 3 is 2.32 bits per heavy atom. The van der Waals surface area contributed by atoms with Gasteiger partial charge < -0.3 is 10.0 Å². The Balaban J connectivity index is 1.69. The molecule has 4 nitrogen and oxygen atoms in total. The van der Waals surface area contributed by atoms with Crippen LogP contribution >= 0.6 is 0 Å². The van der Waals surface area contributed by atoms with Crippen LogP contribution in [0.15, 0.2) is 60.7 Å². The van der Waals surface area contributed by atoms with Crippen molar-refractivity contribution in [2.75, 3.05) is 4.90 Å². The fourth-order valence-electron chi connectivity index (χ4n) is 4.20. The molecule has 0 saturated heterocycles. The largest absolute Gasteiger partial charge is 0.375 e. The number of hydrogen-bond acceptors (Lipinski definition) is 3. The molecule has 1 N–H and O–H groups in total. The van der Waals surface area contributed by atoms with Gasteiger partial charge in [0, 0.05) is 11.1 Å². The number of amides is 1. The predicted molar refractivity (Wildman–Crippen MR) is 118 cm³/mol. The van der Waals surface area contributed by atoms with Crippen molar-refractivity contribution in [1.82, 2.24) is 0 Å². The van der Waals surface area contributed by atoms with E-state index in [0.717, 1.165) is 22.3 Å². The van der Waals surface area contributed by atoms with Gasteiger partial charge in [-0.25, -0.2) is 4.39 Å². The molecule has 0 spiro atoms. The molecule has 0 aromatic heterocycles. The Bertz CT molecular complexity index is 1190. The van der Waals surface area contributed by atoms with E-state index in [1.54, 1.807) is 36.4 Å². The molecule has 0 fully saturated rings. The van der Waals surface area contributed by atoms with Crippen molar-refractivity contribution < 1.29 is 19.1 Å². The maximum Gasteiger partial charge on any atom is 0.264 e. The van der Waals surface area contributed by atoms with E-state index in [0.29, 0.717) is 16.8 Å². The maximum atomic E-state index is 13.4. The number of rotatable bonds is 5. The van der Waals surface area contributed by atoms with Gasteiger partial charge in [0.2, 0.25) is 0 Å². The van der Waals surface area contributed by atoms with Crippen LogP contribution in [0.3, 0.4) is 0 Å². The van der Waals surface area contributed by atoms with Crippen molar-refractivity contribution in [3.63, 3.8) is 0 Å². The van der Waals surface area contributed by atoms with Gasteiger partial charge in [0.05, 0.1) is 18.7 Å². The summed E-state index contributed by atoms with van der Waals surface area (Å²) in [6, 6.07) is 16.6. The molecule has 1 amide bonds. The average Bonchev–Trinajstić information content (AvgIpc) is 2.94. The van der Waals surface area contributed by atoms with Gasteiger partial charge in [-0.3, -0.25) is 9.59 Å². The fraction of sp³-hybridized carbons (Fsp3) is 0.231. The SMILES string of the molecule is Cc1cc(C)c(C(=O)C[C@]2(O)C(=O)N(Cc3ccc(F)cc3)c3ccccc32)cc1C. The molecule has 31 heavy (non-hydrogen) atoms. The van der Waals surface area contributed by atoms with Gasteiger partial charge in [0.15, 0.2) is 11.4 Å². The average molecular weight is 417 g/mol. The number of hydrogen-bond donors (Lipinski definition) is 1. The summed E-state index contributed by atoms with van der Waals surface area (Å²) in [4.78, 5) is 28.0. The van der Waals surface area contributed by atoms with Crippen LogP contribution in [0.4, 0.5) is 10.1 Å². The summed E-state index contributed by atoms with van der Waals surface area (Å²) in [5, 5.41) is 11.5. The molecule has 0 saturated carbocycles. The molecule has 0 radical (unpaired) electrons. The van der Waals surface area contributed by atoms with E-state index in [2.05, 4.69) is 0 Å². The third-order valence-corrected chi connectivity index (χ3v) is 6.05. The smallest absolute Gasteiger partial charge is 0.264 e. The van der Waals surface area contributed by atoms with Crippen molar-refractivity contribution in [2.45, 2.75) is 39.3 Å². The first-order chi connectivity index (χ1) is 14.7. The molecule has 0 aliphatic carbocycles. The van der Waals surface area contributed by atoms with Crippen LogP contribution in [0.2, 0.25) is 0 Å². The second-order valence-electron chi connectivity index (χ2n) is 8.25. The minimum Gasteiger partial charge on any atom is -0.375 e. The van der Waals surface area contributed by atoms with E-state index in [-0.39, 0.29) is 24.6 Å². The van der Waals surface area contributed by atoms with Gasteiger partial charge >= 0.3 is 0 Å². The summed E-state index contributed by atoms with van der Waals surface area (Å²) in [5.74, 6) is -1.19. The number of Topliss-reactive ketones (excluding diaryl/α,β-unsaturated/α-hetero) is 1. The normalized spacial score (nSPS) is 17.7. The van der Waals surface area contributed by atoms with E-state index in [9.17, 15) is 19.1 Å². The molecular weight excluding hydrogens is 393 g/mol. The maximum absolute atomic E-state index is 13.4. The lowest BCUT2D eigenvalue weighted by atomic mass is 9.86. The Morgan fingerprint density at radius 2 is 1.61 bits per heavy atom. The lowest BCUT2D eigenvalue weighted by Gasteiger charge is -2.23. The van der Waals surface area contributed by atoms with Crippen molar-refractivity contribution in [3.8, 4) is 0 Å². The molecule has 1 aliphatic heterocycles. The van der Waals surface area contributed by atoms with Gasteiger partial charge in [0.1, 0.15) is 5.82 Å². The zero-order chi connectivity index (χ0) is 22.3. The van der Waals surface area contributed by atoms with E-state index in [1.165, 1.54) is 17.0 Å². The summed E-state index contributed by atoms with van der Waals surface area (Å²) in [5.41, 5.74) is 3.15. The highest BCUT2D eigenvalue weighted by atomic mass is 19.1. The second-order valence-corrected chi connectivity index (χ2v) is 8.25. The number of benzene rings is 3. The number of aliphatic hydroxyl groups is 1. The van der Waals surface area contributed by atoms with E-state index < -0.39 is 11.5 Å². The molecule has 1 atom stereocenters. The summed E-state index contributed by atoms with van der Waals surface area (Å²) >= 11 is 0. The van der Waals surface area contributed by atoms with Crippen LogP contribution < -0.4 is 4.90 Å². The Kier molecular flexibility index (Phi) is 5.23. The molecule has 3 aromatic rings. The number of para-hydroxylation sites is 1. The summed E-state index contributed by atoms with van der Waals surface area (Å²) in [7, 11) is 0. The molecule has 3 aromatic carbocycles. The number of fused-ring (bicyclic) bond motifs is 1. The van der Waals surface area contributed by atoms with Crippen LogP contribution in [0.1, 0.15) is 44.6 Å². The number of anilines is 1. The van der Waals surface area contributed by atoms with Gasteiger partial charge in [-0.2, -0.15) is 0 Å². The van der Waals surface area contributed by atoms with E-state index >= 15 is 0 Å². The van der Waals surface area contributed by atoms with Crippen molar-refractivity contribution in [1.29, 1.82) is 0 Å². The number of nitrogens with zero attached hydrogens (tertiary/aromatic N) is 1. The van der Waals surface area contributed by atoms with Gasteiger partial charge in [-0.15, -0.1) is 0 Å². The number of halogens is 1. The monoisotopic (exact) mass is 417 g/mol. The first-order valence-corrected chi connectivity index (χ1v) is 10.2. The van der Waals surface area contributed by atoms with Crippen molar-refractivity contribution in [3.05, 3.63) is 99.9 Å². The molecule has 0 unspecified atom stereocenters. The van der Waals surface area contributed by atoms with E-state index in [4.69, 9.17) is 0 Å². The van der Waals surface area contributed by atoms with Crippen LogP contribution in [-0.4, -0.2) is 16.8 Å². The number of ketones is 1. The number of aryl methyl sites for hydroxylation is 3. The Morgan fingerprint density at radius 1 is 0.968 bits per heavy atom. The van der Waals surface area contributed by atoms with Gasteiger partial charge in [-0.1, -0.05) is 36.4 Å². The van der Waals surface area contributed by atoms with Crippen LogP contribution in [0, 0.1) is 26.6 Å². The minimum absolute atomic E-state index is 0.176. The molecule has 1 heterocycles. The van der Waals surface area contributed by atoms with Crippen LogP contribution in [-0.2, 0) is 16.9 Å². The summed E-state index contributed by atoms with van der Waals surface area (Å²) < 4.78 is 13.3. The summed E-state index contributed by atoms with van der Waals surface area (Å²) in [6.45, 7) is 5.94. The van der Waals surface area contributed by atoms with Crippen LogP contribution in [0.25, 0.3) is 0 Å². The third-order valence-electron chi connectivity index (χ3n) is 6.05. The fourth-order valence-corrected chi connectivity index (χ4v) is 4.20. The van der Waals surface area contributed by atoms with E-state index in [1.807, 2.05) is 32.9 Å². The quantitative estimate of drug-likeness (QED) is 0.609.